The van der Waals surface area contributed by atoms with Gasteiger partial charge in [-0.1, -0.05) is 54.9 Å². The number of para-hydroxylation sites is 3. The quantitative estimate of drug-likeness (QED) is 0.237. The van der Waals surface area contributed by atoms with Crippen molar-refractivity contribution in [2.24, 2.45) is 0 Å². The summed E-state index contributed by atoms with van der Waals surface area (Å²) in [6.07, 6.45) is 2.63. The number of aryl methyl sites for hydroxylation is 2. The molecular weight excluding hydrogens is 420 g/mol. The van der Waals surface area contributed by atoms with Crippen LogP contribution in [-0.4, -0.2) is 16.2 Å². The summed E-state index contributed by atoms with van der Waals surface area (Å²) >= 11 is 6.18. The Hall–Kier alpha value is -2.98. The minimum Gasteiger partial charge on any atom is -0.492 e. The second-order valence-corrected chi connectivity index (χ2v) is 8.33. The van der Waals surface area contributed by atoms with Crippen LogP contribution in [-0.2, 0) is 6.54 Å². The summed E-state index contributed by atoms with van der Waals surface area (Å²) in [5.74, 6) is 2.59. The van der Waals surface area contributed by atoms with E-state index in [0.717, 1.165) is 54.2 Å². The number of unbranched alkanes of at least 4 members (excludes halogenated alkanes) is 1. The summed E-state index contributed by atoms with van der Waals surface area (Å²) in [6, 6.07) is 24.1. The van der Waals surface area contributed by atoms with E-state index in [1.54, 1.807) is 0 Å². The summed E-state index contributed by atoms with van der Waals surface area (Å²) < 4.78 is 14.5. The number of imidazole rings is 1. The molecule has 1 unspecified atom stereocenters. The van der Waals surface area contributed by atoms with E-state index in [1.807, 2.05) is 42.5 Å². The van der Waals surface area contributed by atoms with Crippen molar-refractivity contribution in [2.45, 2.75) is 45.8 Å². The fourth-order valence-corrected chi connectivity index (χ4v) is 4.05. The van der Waals surface area contributed by atoms with Crippen molar-refractivity contribution < 1.29 is 9.47 Å². The molecule has 0 spiro atoms. The third kappa shape index (κ3) is 5.25. The Kier molecular flexibility index (Phi) is 7.33. The molecule has 0 saturated carbocycles. The minimum absolute atomic E-state index is 0.108. The van der Waals surface area contributed by atoms with Crippen molar-refractivity contribution in [1.82, 2.24) is 9.55 Å². The molecule has 0 aliphatic rings. The normalized spacial score (nSPS) is 12.1. The van der Waals surface area contributed by atoms with Gasteiger partial charge < -0.3 is 14.0 Å². The second-order valence-electron chi connectivity index (χ2n) is 7.93. The first-order valence-electron chi connectivity index (χ1n) is 11.2. The van der Waals surface area contributed by atoms with Gasteiger partial charge in [0.05, 0.1) is 22.7 Å². The van der Waals surface area contributed by atoms with E-state index in [2.05, 4.69) is 48.7 Å². The van der Waals surface area contributed by atoms with E-state index in [0.29, 0.717) is 11.6 Å². The van der Waals surface area contributed by atoms with Crippen LogP contribution in [0.2, 0.25) is 5.02 Å². The molecule has 0 N–H and O–H groups in total. The molecule has 32 heavy (non-hydrogen) atoms. The lowest BCUT2D eigenvalue weighted by molar-refractivity contribution is 0.186. The van der Waals surface area contributed by atoms with Crippen LogP contribution in [0.15, 0.2) is 72.8 Å². The SMILES string of the molecule is CCC(Oc1cccc(C)c1)c1nc2ccccc2n1CCCCOc1ccccc1Cl. The Morgan fingerprint density at radius 3 is 2.59 bits per heavy atom. The molecule has 1 aromatic heterocycles. The van der Waals surface area contributed by atoms with Crippen molar-refractivity contribution in [3.05, 3.63) is 89.2 Å². The van der Waals surface area contributed by atoms with E-state index >= 15 is 0 Å². The molecule has 0 bridgehead atoms. The third-order valence-electron chi connectivity index (χ3n) is 5.48. The van der Waals surface area contributed by atoms with Gasteiger partial charge in [0, 0.05) is 6.54 Å². The van der Waals surface area contributed by atoms with E-state index in [1.165, 1.54) is 5.56 Å². The summed E-state index contributed by atoms with van der Waals surface area (Å²) in [6.45, 7) is 5.70. The standard InChI is InChI=1S/C27H29ClN2O2/c1-3-25(32-21-12-10-11-20(2)19-21)27-29-23-14-5-6-15-24(23)30(27)17-8-9-18-31-26-16-7-4-13-22(26)28/h4-7,10-16,19,25H,3,8-9,17-18H2,1-2H3. The zero-order valence-corrected chi connectivity index (χ0v) is 19.4. The molecule has 0 aliphatic heterocycles. The zero-order valence-electron chi connectivity index (χ0n) is 18.6. The Balaban J connectivity index is 1.47. The molecule has 5 heteroatoms. The fourth-order valence-electron chi connectivity index (χ4n) is 3.86. The maximum absolute atomic E-state index is 6.38. The first kappa shape index (κ1) is 22.2. The number of hydrogen-bond donors (Lipinski definition) is 0. The van der Waals surface area contributed by atoms with Crippen molar-refractivity contribution in [2.75, 3.05) is 6.61 Å². The van der Waals surface area contributed by atoms with Gasteiger partial charge in [0.15, 0.2) is 11.9 Å². The van der Waals surface area contributed by atoms with Gasteiger partial charge in [-0.05, 0) is 68.1 Å². The largest absolute Gasteiger partial charge is 0.492 e. The van der Waals surface area contributed by atoms with Gasteiger partial charge in [-0.2, -0.15) is 0 Å². The van der Waals surface area contributed by atoms with E-state index in [9.17, 15) is 0 Å². The molecule has 4 nitrogen and oxygen atoms in total. The first-order valence-corrected chi connectivity index (χ1v) is 11.6. The molecule has 1 atom stereocenters. The number of ether oxygens (including phenoxy) is 2. The van der Waals surface area contributed by atoms with Gasteiger partial charge in [0.1, 0.15) is 11.5 Å². The predicted octanol–water partition coefficient (Wildman–Crippen LogP) is 7.39. The zero-order chi connectivity index (χ0) is 22.3. The molecule has 4 aromatic rings. The van der Waals surface area contributed by atoms with Gasteiger partial charge in [-0.3, -0.25) is 0 Å². The Labute approximate surface area is 194 Å². The summed E-state index contributed by atoms with van der Waals surface area (Å²) in [5, 5.41) is 0.648. The molecule has 3 aromatic carbocycles. The van der Waals surface area contributed by atoms with Crippen LogP contribution in [0.1, 0.15) is 43.7 Å². The average molecular weight is 449 g/mol. The average Bonchev–Trinajstić information content (AvgIpc) is 3.17. The number of benzene rings is 3. The lowest BCUT2D eigenvalue weighted by Gasteiger charge is -2.19. The van der Waals surface area contributed by atoms with Crippen LogP contribution in [0, 0.1) is 6.92 Å². The Morgan fingerprint density at radius 2 is 1.78 bits per heavy atom. The number of nitrogens with zero attached hydrogens (tertiary/aromatic N) is 2. The van der Waals surface area contributed by atoms with E-state index in [-0.39, 0.29) is 6.10 Å². The highest BCUT2D eigenvalue weighted by atomic mass is 35.5. The van der Waals surface area contributed by atoms with E-state index < -0.39 is 0 Å². The van der Waals surface area contributed by atoms with Crippen molar-refractivity contribution >= 4 is 22.6 Å². The number of fused-ring (bicyclic) bond motifs is 1. The van der Waals surface area contributed by atoms with Gasteiger partial charge in [-0.15, -0.1) is 0 Å². The van der Waals surface area contributed by atoms with Gasteiger partial charge in [-0.25, -0.2) is 4.98 Å². The van der Waals surface area contributed by atoms with Crippen LogP contribution >= 0.6 is 11.6 Å². The lowest BCUT2D eigenvalue weighted by atomic mass is 10.2. The monoisotopic (exact) mass is 448 g/mol. The van der Waals surface area contributed by atoms with E-state index in [4.69, 9.17) is 26.1 Å². The second kappa shape index (κ2) is 10.6. The van der Waals surface area contributed by atoms with Crippen molar-refractivity contribution in [3.8, 4) is 11.5 Å². The van der Waals surface area contributed by atoms with Crippen molar-refractivity contribution in [3.63, 3.8) is 0 Å². The highest BCUT2D eigenvalue weighted by Gasteiger charge is 2.20. The molecule has 0 aliphatic carbocycles. The van der Waals surface area contributed by atoms with Gasteiger partial charge in [0.25, 0.3) is 0 Å². The molecule has 0 saturated heterocycles. The highest BCUT2D eigenvalue weighted by molar-refractivity contribution is 6.32. The molecule has 0 fully saturated rings. The Morgan fingerprint density at radius 1 is 0.969 bits per heavy atom. The van der Waals surface area contributed by atoms with Crippen LogP contribution < -0.4 is 9.47 Å². The maximum Gasteiger partial charge on any atom is 0.156 e. The number of rotatable bonds is 10. The van der Waals surface area contributed by atoms with Crippen LogP contribution in [0.5, 0.6) is 11.5 Å². The van der Waals surface area contributed by atoms with Gasteiger partial charge >= 0.3 is 0 Å². The maximum atomic E-state index is 6.38. The third-order valence-corrected chi connectivity index (χ3v) is 5.79. The predicted molar refractivity (Wildman–Crippen MR) is 131 cm³/mol. The number of aromatic nitrogens is 2. The number of hydrogen-bond acceptors (Lipinski definition) is 3. The fraction of sp³-hybridized carbons (Fsp3) is 0.296. The topological polar surface area (TPSA) is 36.3 Å². The smallest absolute Gasteiger partial charge is 0.156 e. The molecule has 4 rings (SSSR count). The summed E-state index contributed by atoms with van der Waals surface area (Å²) in [5.41, 5.74) is 3.33. The van der Waals surface area contributed by atoms with Crippen molar-refractivity contribution in [1.29, 1.82) is 0 Å². The highest BCUT2D eigenvalue weighted by Crippen LogP contribution is 2.29. The molecule has 166 valence electrons. The first-order chi connectivity index (χ1) is 15.7. The molecule has 0 radical (unpaired) electrons. The number of halogens is 1. The molecule has 0 amide bonds. The summed E-state index contributed by atoms with van der Waals surface area (Å²) in [7, 11) is 0. The molecular formula is C27H29ClN2O2. The van der Waals surface area contributed by atoms with Crippen LogP contribution in [0.4, 0.5) is 0 Å². The van der Waals surface area contributed by atoms with Gasteiger partial charge in [0.2, 0.25) is 0 Å². The summed E-state index contributed by atoms with van der Waals surface area (Å²) in [4.78, 5) is 4.95. The lowest BCUT2D eigenvalue weighted by Crippen LogP contribution is -2.15. The minimum atomic E-state index is -0.108. The van der Waals surface area contributed by atoms with Crippen LogP contribution in [0.3, 0.4) is 0 Å². The van der Waals surface area contributed by atoms with Crippen LogP contribution in [0.25, 0.3) is 11.0 Å². The molecule has 1 heterocycles. The Bertz CT molecular complexity index is 1170.